The highest BCUT2D eigenvalue weighted by atomic mass is 16.5. The van der Waals surface area contributed by atoms with Gasteiger partial charge in [0.1, 0.15) is 18.2 Å². The van der Waals surface area contributed by atoms with Crippen molar-refractivity contribution in [1.82, 2.24) is 19.1 Å². The molecule has 6 nitrogen and oxygen atoms in total. The first-order valence-corrected chi connectivity index (χ1v) is 5.23. The Hall–Kier alpha value is -2.11. The fraction of sp³-hybridized carbons (Fsp3) is 0.364. The van der Waals surface area contributed by atoms with Gasteiger partial charge in [-0.25, -0.2) is 9.97 Å². The summed E-state index contributed by atoms with van der Waals surface area (Å²) < 4.78 is 8.32. The number of esters is 1. The van der Waals surface area contributed by atoms with Crippen LogP contribution in [0.15, 0.2) is 24.8 Å². The second-order valence-electron chi connectivity index (χ2n) is 3.68. The number of carbonyl (C=O) groups excluding carboxylic acids is 1. The highest BCUT2D eigenvalue weighted by Gasteiger charge is 2.10. The third kappa shape index (κ3) is 2.52. The van der Waals surface area contributed by atoms with Crippen molar-refractivity contribution in [2.75, 3.05) is 7.11 Å². The molecule has 0 saturated heterocycles. The van der Waals surface area contributed by atoms with E-state index in [1.54, 1.807) is 23.2 Å². The molecule has 0 saturated carbocycles. The van der Waals surface area contributed by atoms with Crippen molar-refractivity contribution < 1.29 is 9.53 Å². The SMILES string of the molecule is COC(=O)Cn1ccnc1Cc1nccn1C. The van der Waals surface area contributed by atoms with Gasteiger partial charge in [-0.05, 0) is 0 Å². The molecule has 0 aromatic carbocycles. The van der Waals surface area contributed by atoms with Gasteiger partial charge in [0.15, 0.2) is 0 Å². The van der Waals surface area contributed by atoms with E-state index in [1.807, 2.05) is 17.8 Å². The lowest BCUT2D eigenvalue weighted by Gasteiger charge is -2.06. The van der Waals surface area contributed by atoms with Crippen LogP contribution in [0.1, 0.15) is 11.6 Å². The molecule has 0 radical (unpaired) electrons. The predicted octanol–water partition coefficient (Wildman–Crippen LogP) is 0.380. The summed E-state index contributed by atoms with van der Waals surface area (Å²) in [7, 11) is 3.30. The molecule has 0 unspecified atom stereocenters. The summed E-state index contributed by atoms with van der Waals surface area (Å²) in [5.41, 5.74) is 0. The number of aromatic nitrogens is 4. The Balaban J connectivity index is 2.14. The Bertz CT molecular complexity index is 515. The molecular weight excluding hydrogens is 220 g/mol. The molecule has 0 atom stereocenters. The van der Waals surface area contributed by atoms with Gasteiger partial charge in [0, 0.05) is 31.8 Å². The van der Waals surface area contributed by atoms with Crippen LogP contribution < -0.4 is 0 Å². The van der Waals surface area contributed by atoms with Crippen molar-refractivity contribution in [3.8, 4) is 0 Å². The van der Waals surface area contributed by atoms with Crippen LogP contribution in [-0.2, 0) is 29.5 Å². The summed E-state index contributed by atoms with van der Waals surface area (Å²) in [6.07, 6.45) is 7.63. The number of hydrogen-bond acceptors (Lipinski definition) is 4. The Morgan fingerprint density at radius 3 is 2.65 bits per heavy atom. The van der Waals surface area contributed by atoms with Gasteiger partial charge in [-0.2, -0.15) is 0 Å². The van der Waals surface area contributed by atoms with E-state index in [1.165, 1.54) is 7.11 Å². The average molecular weight is 234 g/mol. The minimum atomic E-state index is -0.288. The van der Waals surface area contributed by atoms with E-state index in [2.05, 4.69) is 14.7 Å². The minimum absolute atomic E-state index is 0.177. The Morgan fingerprint density at radius 2 is 2.00 bits per heavy atom. The van der Waals surface area contributed by atoms with Gasteiger partial charge < -0.3 is 13.9 Å². The smallest absolute Gasteiger partial charge is 0.325 e. The van der Waals surface area contributed by atoms with Crippen molar-refractivity contribution in [3.05, 3.63) is 36.4 Å². The normalized spacial score (nSPS) is 10.5. The van der Waals surface area contributed by atoms with Crippen molar-refractivity contribution in [2.24, 2.45) is 7.05 Å². The van der Waals surface area contributed by atoms with Crippen molar-refractivity contribution in [2.45, 2.75) is 13.0 Å². The van der Waals surface area contributed by atoms with Gasteiger partial charge in [0.25, 0.3) is 0 Å². The van der Waals surface area contributed by atoms with Gasteiger partial charge in [-0.3, -0.25) is 4.79 Å². The van der Waals surface area contributed by atoms with Gasteiger partial charge in [-0.1, -0.05) is 0 Å². The van der Waals surface area contributed by atoms with Crippen LogP contribution in [0.5, 0.6) is 0 Å². The zero-order chi connectivity index (χ0) is 12.3. The highest BCUT2D eigenvalue weighted by Crippen LogP contribution is 2.05. The standard InChI is InChI=1S/C11H14N4O2/c1-14-5-3-12-9(14)7-10-13-4-6-15(10)8-11(16)17-2/h3-6H,7-8H2,1-2H3. The third-order valence-corrected chi connectivity index (χ3v) is 2.57. The van der Waals surface area contributed by atoms with Crippen LogP contribution in [-0.4, -0.2) is 32.2 Å². The van der Waals surface area contributed by atoms with E-state index in [0.29, 0.717) is 6.42 Å². The van der Waals surface area contributed by atoms with Crippen molar-refractivity contribution >= 4 is 5.97 Å². The van der Waals surface area contributed by atoms with Crippen LogP contribution >= 0.6 is 0 Å². The summed E-state index contributed by atoms with van der Waals surface area (Å²) >= 11 is 0. The molecule has 0 aliphatic rings. The van der Waals surface area contributed by atoms with Gasteiger partial charge in [0.05, 0.1) is 13.5 Å². The zero-order valence-electron chi connectivity index (χ0n) is 9.83. The first kappa shape index (κ1) is 11.4. The van der Waals surface area contributed by atoms with Gasteiger partial charge in [0.2, 0.25) is 0 Å². The second kappa shape index (κ2) is 4.82. The minimum Gasteiger partial charge on any atom is -0.468 e. The molecular formula is C11H14N4O2. The molecule has 2 aromatic heterocycles. The zero-order valence-corrected chi connectivity index (χ0v) is 9.83. The fourth-order valence-corrected chi connectivity index (χ4v) is 1.56. The quantitative estimate of drug-likeness (QED) is 0.717. The lowest BCUT2D eigenvalue weighted by atomic mass is 10.3. The molecule has 2 aromatic rings. The van der Waals surface area contributed by atoms with Crippen LogP contribution in [0.3, 0.4) is 0 Å². The van der Waals surface area contributed by atoms with Gasteiger partial charge in [-0.15, -0.1) is 0 Å². The number of methoxy groups -OCH3 is 1. The predicted molar refractivity (Wildman–Crippen MR) is 60.3 cm³/mol. The maximum absolute atomic E-state index is 11.2. The van der Waals surface area contributed by atoms with E-state index in [4.69, 9.17) is 0 Å². The number of hydrogen-bond donors (Lipinski definition) is 0. The molecule has 90 valence electrons. The lowest BCUT2D eigenvalue weighted by Crippen LogP contribution is -2.14. The molecule has 0 bridgehead atoms. The Morgan fingerprint density at radius 1 is 1.29 bits per heavy atom. The maximum atomic E-state index is 11.2. The Kier molecular flexibility index (Phi) is 3.22. The number of ether oxygens (including phenoxy) is 1. The molecule has 2 heterocycles. The van der Waals surface area contributed by atoms with Crippen molar-refractivity contribution in [1.29, 1.82) is 0 Å². The number of rotatable bonds is 4. The molecule has 0 spiro atoms. The lowest BCUT2D eigenvalue weighted by molar-refractivity contribution is -0.141. The van der Waals surface area contributed by atoms with Crippen LogP contribution in [0.2, 0.25) is 0 Å². The summed E-state index contributed by atoms with van der Waals surface area (Å²) in [6, 6.07) is 0. The number of imidazole rings is 2. The van der Waals surface area contributed by atoms with Crippen LogP contribution in [0.4, 0.5) is 0 Å². The molecule has 6 heteroatoms. The van der Waals surface area contributed by atoms with Crippen LogP contribution in [0.25, 0.3) is 0 Å². The van der Waals surface area contributed by atoms with Gasteiger partial charge >= 0.3 is 5.97 Å². The average Bonchev–Trinajstić information content (AvgIpc) is 2.90. The van der Waals surface area contributed by atoms with E-state index >= 15 is 0 Å². The van der Waals surface area contributed by atoms with E-state index in [9.17, 15) is 4.79 Å². The third-order valence-electron chi connectivity index (χ3n) is 2.57. The summed E-state index contributed by atoms with van der Waals surface area (Å²) in [5.74, 6) is 1.41. The molecule has 0 aliphatic carbocycles. The fourth-order valence-electron chi connectivity index (χ4n) is 1.56. The number of aryl methyl sites for hydroxylation is 1. The number of carbonyl (C=O) groups is 1. The van der Waals surface area contributed by atoms with E-state index in [-0.39, 0.29) is 12.5 Å². The molecule has 0 amide bonds. The van der Waals surface area contributed by atoms with Crippen LogP contribution in [0, 0.1) is 0 Å². The number of nitrogens with zero attached hydrogens (tertiary/aromatic N) is 4. The van der Waals surface area contributed by atoms with E-state index < -0.39 is 0 Å². The Labute approximate surface area is 98.9 Å². The molecule has 0 fully saturated rings. The largest absolute Gasteiger partial charge is 0.468 e. The summed E-state index contributed by atoms with van der Waals surface area (Å²) in [4.78, 5) is 19.7. The van der Waals surface area contributed by atoms with Crippen molar-refractivity contribution in [3.63, 3.8) is 0 Å². The molecule has 17 heavy (non-hydrogen) atoms. The molecule has 2 rings (SSSR count). The van der Waals surface area contributed by atoms with E-state index in [0.717, 1.165) is 11.6 Å². The second-order valence-corrected chi connectivity index (χ2v) is 3.68. The topological polar surface area (TPSA) is 61.9 Å². The maximum Gasteiger partial charge on any atom is 0.325 e. The monoisotopic (exact) mass is 234 g/mol. The highest BCUT2D eigenvalue weighted by molar-refractivity contribution is 5.69. The first-order valence-electron chi connectivity index (χ1n) is 5.23. The summed E-state index contributed by atoms with van der Waals surface area (Å²) in [6.45, 7) is 0.177. The molecule has 0 aliphatic heterocycles. The first-order chi connectivity index (χ1) is 8.20. The molecule has 0 N–H and O–H groups in total. The summed E-state index contributed by atoms with van der Waals surface area (Å²) in [5, 5.41) is 0.